The largest absolute Gasteiger partial charge is 0.876 e. The zero-order chi connectivity index (χ0) is 11.7. The van der Waals surface area contributed by atoms with Crippen LogP contribution in [0.1, 0.15) is 27.7 Å². The van der Waals surface area contributed by atoms with Gasteiger partial charge >= 0.3 is 0 Å². The fourth-order valence-electron chi connectivity index (χ4n) is 0.572. The molecule has 0 aliphatic heterocycles. The molecule has 7 heteroatoms. The van der Waals surface area contributed by atoms with E-state index in [4.69, 9.17) is 0 Å². The van der Waals surface area contributed by atoms with Crippen LogP contribution in [0.2, 0.25) is 0 Å². The average Bonchev–Trinajstić information content (AvgIpc) is 1.79. The molecule has 0 saturated heterocycles. The molecule has 0 fully saturated rings. The second-order valence-electron chi connectivity index (χ2n) is 2.73. The zero-order valence-corrected chi connectivity index (χ0v) is 11.2. The summed E-state index contributed by atoms with van der Waals surface area (Å²) in [6.45, 7) is 5.39. The number of carbonyl (C=O) groups excluding carboxylic acids is 2. The summed E-state index contributed by atoms with van der Waals surface area (Å²) in [6, 6.07) is 0. The van der Waals surface area contributed by atoms with Gasteiger partial charge in [-0.1, -0.05) is 13.8 Å². The van der Waals surface area contributed by atoms with Gasteiger partial charge in [-0.3, -0.25) is 9.59 Å². The minimum absolute atomic E-state index is 0. The smallest absolute Gasteiger partial charge is 0.151 e. The predicted octanol–water partition coefficient (Wildman–Crippen LogP) is -1.97. The van der Waals surface area contributed by atoms with Crippen LogP contribution in [0.3, 0.4) is 0 Å². The Morgan fingerprint density at radius 1 is 0.765 bits per heavy atom. The molecule has 17 heavy (non-hydrogen) atoms. The zero-order valence-electron chi connectivity index (χ0n) is 10.1. The Balaban J connectivity index is -0.0000000480. The van der Waals surface area contributed by atoms with Gasteiger partial charge in [0.25, 0.3) is 0 Å². The summed E-state index contributed by atoms with van der Waals surface area (Å²) in [5.41, 5.74) is 0. The van der Waals surface area contributed by atoms with Crippen molar-refractivity contribution in [2.24, 2.45) is 0 Å². The van der Waals surface area contributed by atoms with Gasteiger partial charge in [0.05, 0.1) is 0 Å². The first-order valence-electron chi connectivity index (χ1n) is 3.97. The number of allylic oxidation sites excluding steroid dienone is 4. The van der Waals surface area contributed by atoms with Crippen molar-refractivity contribution >= 4 is 11.6 Å². The Kier molecular flexibility index (Phi) is 30.1. The Morgan fingerprint density at radius 2 is 0.941 bits per heavy atom. The average molecular weight is 293 g/mol. The predicted molar refractivity (Wildman–Crippen MR) is 56.1 cm³/mol. The van der Waals surface area contributed by atoms with Gasteiger partial charge in [0.2, 0.25) is 0 Å². The first-order chi connectivity index (χ1) is 6.25. The molecule has 0 saturated carbocycles. The number of hydrogen-bond acceptors (Lipinski definition) is 4. The number of ketones is 2. The van der Waals surface area contributed by atoms with E-state index in [2.05, 4.69) is 0 Å². The Labute approximate surface area is 111 Å². The third-order valence-corrected chi connectivity index (χ3v) is 0.813. The first-order valence-corrected chi connectivity index (χ1v) is 3.97. The molecule has 0 atom stereocenters. The van der Waals surface area contributed by atoms with Crippen molar-refractivity contribution in [1.29, 1.82) is 0 Å². The van der Waals surface area contributed by atoms with Gasteiger partial charge in [-0.05, 0) is 26.0 Å². The second kappa shape index (κ2) is 17.2. The van der Waals surface area contributed by atoms with E-state index in [1.165, 1.54) is 27.7 Å². The van der Waals surface area contributed by atoms with E-state index in [9.17, 15) is 19.8 Å². The number of rotatable bonds is 2. The molecule has 1 radical (unpaired) electrons. The Bertz CT molecular complexity index is 234. The molecule has 0 amide bonds. The van der Waals surface area contributed by atoms with Crippen molar-refractivity contribution < 1.29 is 47.5 Å². The van der Waals surface area contributed by atoms with Crippen LogP contribution in [0.5, 0.6) is 0 Å². The topological polar surface area (TPSA) is 143 Å². The monoisotopic (exact) mass is 293 g/mol. The maximum Gasteiger partial charge on any atom is 0.151 e. The molecule has 0 spiro atoms. The van der Waals surface area contributed by atoms with Crippen molar-refractivity contribution in [2.75, 3.05) is 0 Å². The van der Waals surface area contributed by atoms with Gasteiger partial charge in [-0.2, -0.15) is 0 Å². The molecule has 0 bridgehead atoms. The Hall–Kier alpha value is -1.15. The maximum atomic E-state index is 9.98. The van der Waals surface area contributed by atoms with Crippen LogP contribution < -0.4 is 10.2 Å². The molecular formula is C10H18CoO6-2. The minimum Gasteiger partial charge on any atom is -0.876 e. The van der Waals surface area contributed by atoms with E-state index in [1.54, 1.807) is 0 Å². The molecule has 105 valence electrons. The molecule has 0 aliphatic carbocycles. The second-order valence-corrected chi connectivity index (χ2v) is 2.73. The van der Waals surface area contributed by atoms with Crippen LogP contribution in [0.4, 0.5) is 0 Å². The summed E-state index contributed by atoms with van der Waals surface area (Å²) >= 11 is 0. The third-order valence-electron chi connectivity index (χ3n) is 0.813. The van der Waals surface area contributed by atoms with Crippen molar-refractivity contribution in [3.8, 4) is 0 Å². The van der Waals surface area contributed by atoms with E-state index in [1.807, 2.05) is 0 Å². The SMILES string of the molecule is CC(=O)C=C(C)[O-].CC(=O)C=C(C)[O-].O.O.[Co]. The molecule has 0 rings (SSSR count). The van der Waals surface area contributed by atoms with E-state index < -0.39 is 0 Å². The van der Waals surface area contributed by atoms with Crippen LogP contribution in [0.25, 0.3) is 0 Å². The molecule has 6 nitrogen and oxygen atoms in total. The third kappa shape index (κ3) is 52.3. The summed E-state index contributed by atoms with van der Waals surface area (Å²) in [6.07, 6.45) is 2.11. The minimum atomic E-state index is -0.187. The molecule has 0 aliphatic rings. The van der Waals surface area contributed by atoms with Gasteiger partial charge in [-0.15, -0.1) is 11.5 Å². The molecule has 0 unspecified atom stereocenters. The van der Waals surface area contributed by atoms with E-state index >= 15 is 0 Å². The maximum absolute atomic E-state index is 9.98. The van der Waals surface area contributed by atoms with Gasteiger partial charge in [0.15, 0.2) is 11.6 Å². The summed E-state index contributed by atoms with van der Waals surface area (Å²) in [4.78, 5) is 20.0. The Morgan fingerprint density at radius 3 is 0.941 bits per heavy atom. The molecule has 0 heterocycles. The normalized spacial score (nSPS) is 9.41. The fraction of sp³-hybridized carbons (Fsp3) is 0.400. The van der Waals surface area contributed by atoms with Crippen LogP contribution in [-0.4, -0.2) is 22.5 Å². The van der Waals surface area contributed by atoms with Gasteiger partial charge in [-0.25, -0.2) is 0 Å². The standard InChI is InChI=1S/2C5H8O2.Co.2H2O/c2*1-4(6)3-5(2)7;;;/h2*3,6H,1-2H3;;2*1H2/p-2. The van der Waals surface area contributed by atoms with Crippen LogP contribution in [-0.2, 0) is 26.4 Å². The van der Waals surface area contributed by atoms with Gasteiger partial charge in [0.1, 0.15) is 0 Å². The van der Waals surface area contributed by atoms with Gasteiger partial charge in [0, 0.05) is 16.8 Å². The van der Waals surface area contributed by atoms with Crippen molar-refractivity contribution in [3.63, 3.8) is 0 Å². The summed E-state index contributed by atoms with van der Waals surface area (Å²) in [5.74, 6) is -0.750. The number of carbonyl (C=O) groups is 2. The quantitative estimate of drug-likeness (QED) is 0.429. The molecule has 4 N–H and O–H groups in total. The molecular weight excluding hydrogens is 275 g/mol. The fourth-order valence-corrected chi connectivity index (χ4v) is 0.572. The van der Waals surface area contributed by atoms with Crippen LogP contribution >= 0.6 is 0 Å². The van der Waals surface area contributed by atoms with Crippen molar-refractivity contribution in [1.82, 2.24) is 0 Å². The van der Waals surface area contributed by atoms with Crippen molar-refractivity contribution in [3.05, 3.63) is 23.7 Å². The van der Waals surface area contributed by atoms with Crippen LogP contribution in [0, 0.1) is 0 Å². The summed E-state index contributed by atoms with van der Waals surface area (Å²) in [5, 5.41) is 20.0. The van der Waals surface area contributed by atoms with E-state index in [0.717, 1.165) is 12.2 Å². The van der Waals surface area contributed by atoms with Crippen LogP contribution in [0.15, 0.2) is 23.7 Å². The van der Waals surface area contributed by atoms with E-state index in [0.29, 0.717) is 0 Å². The van der Waals surface area contributed by atoms with Gasteiger partial charge < -0.3 is 21.2 Å². The number of hydrogen-bond donors (Lipinski definition) is 0. The molecule has 0 aromatic heterocycles. The summed E-state index contributed by atoms with van der Waals surface area (Å²) < 4.78 is 0. The molecule has 0 aromatic carbocycles. The van der Waals surface area contributed by atoms with Crippen molar-refractivity contribution in [2.45, 2.75) is 27.7 Å². The first kappa shape index (κ1) is 29.7. The molecule has 0 aromatic rings. The summed E-state index contributed by atoms with van der Waals surface area (Å²) in [7, 11) is 0. The van der Waals surface area contributed by atoms with E-state index in [-0.39, 0.29) is 50.8 Å².